The fourth-order valence-electron chi connectivity index (χ4n) is 1.30. The Balaban J connectivity index is 3.09. The van der Waals surface area contributed by atoms with E-state index in [1.807, 2.05) is 0 Å². The lowest BCUT2D eigenvalue weighted by molar-refractivity contribution is -0.189. The molecule has 8 heteroatoms. The van der Waals surface area contributed by atoms with Gasteiger partial charge in [0.1, 0.15) is 0 Å². The lowest BCUT2D eigenvalue weighted by Gasteiger charge is -2.18. The molecule has 4 nitrogen and oxygen atoms in total. The van der Waals surface area contributed by atoms with Gasteiger partial charge in [-0.05, 0) is 19.9 Å². The van der Waals surface area contributed by atoms with Crippen molar-refractivity contribution < 1.29 is 31.8 Å². The molecule has 0 aromatic heterocycles. The van der Waals surface area contributed by atoms with Crippen molar-refractivity contribution >= 4 is 11.7 Å². The van der Waals surface area contributed by atoms with Gasteiger partial charge in [-0.1, -0.05) is 0 Å². The quantitative estimate of drug-likeness (QED) is 0.527. The number of benzene rings is 1. The number of halogens is 4. The highest BCUT2D eigenvalue weighted by Gasteiger charge is 2.38. The van der Waals surface area contributed by atoms with Crippen molar-refractivity contribution in [2.45, 2.75) is 26.1 Å². The van der Waals surface area contributed by atoms with Gasteiger partial charge in [0.2, 0.25) is 0 Å². The summed E-state index contributed by atoms with van der Waals surface area (Å²) in [6, 6.07) is 1.51. The number of hydrogen-bond donors (Lipinski definition) is 1. The van der Waals surface area contributed by atoms with Gasteiger partial charge in [-0.3, -0.25) is 0 Å². The summed E-state index contributed by atoms with van der Waals surface area (Å²) < 4.78 is 59.7. The molecule has 1 aromatic rings. The zero-order valence-corrected chi connectivity index (χ0v) is 10.8. The molecule has 0 bridgehead atoms. The molecule has 0 amide bonds. The van der Waals surface area contributed by atoms with E-state index < -0.39 is 29.8 Å². The van der Waals surface area contributed by atoms with Gasteiger partial charge in [0, 0.05) is 11.8 Å². The smallest absolute Gasteiger partial charge is 0.425 e. The van der Waals surface area contributed by atoms with Crippen molar-refractivity contribution in [1.29, 1.82) is 0 Å². The van der Waals surface area contributed by atoms with Crippen molar-refractivity contribution in [2.75, 3.05) is 12.3 Å². The molecule has 20 heavy (non-hydrogen) atoms. The van der Waals surface area contributed by atoms with E-state index in [-0.39, 0.29) is 17.9 Å². The van der Waals surface area contributed by atoms with Crippen LogP contribution in [-0.4, -0.2) is 24.9 Å². The maximum Gasteiger partial charge on any atom is 0.425 e. The summed E-state index contributed by atoms with van der Waals surface area (Å²) in [5.74, 6) is -2.67. The summed E-state index contributed by atoms with van der Waals surface area (Å²) in [7, 11) is 0. The number of esters is 1. The first-order chi connectivity index (χ1) is 9.16. The van der Waals surface area contributed by atoms with Gasteiger partial charge in [0.05, 0.1) is 12.2 Å². The Bertz CT molecular complexity index is 502. The Hall–Kier alpha value is -1.99. The third-order valence-electron chi connectivity index (χ3n) is 2.36. The zero-order chi connectivity index (χ0) is 15.5. The Morgan fingerprint density at radius 1 is 1.40 bits per heavy atom. The van der Waals surface area contributed by atoms with E-state index in [9.17, 15) is 22.4 Å². The van der Waals surface area contributed by atoms with E-state index >= 15 is 0 Å². The van der Waals surface area contributed by atoms with Crippen LogP contribution in [0.3, 0.4) is 0 Å². The van der Waals surface area contributed by atoms with Crippen molar-refractivity contribution in [3.05, 3.63) is 23.5 Å². The zero-order valence-electron chi connectivity index (χ0n) is 10.8. The van der Waals surface area contributed by atoms with Crippen LogP contribution in [-0.2, 0) is 4.74 Å². The van der Waals surface area contributed by atoms with Gasteiger partial charge in [-0.15, -0.1) is 0 Å². The van der Waals surface area contributed by atoms with Crippen LogP contribution in [0.25, 0.3) is 0 Å². The standard InChI is InChI=1S/C12H13F4NO3/c1-3-19-11(18)7-4-10(8(13)5-9(7)17)20-6(2)12(14,15)16/h4-6H,3,17H2,1-2H3. The number of carbonyl (C=O) groups excluding carboxylic acids is 1. The van der Waals surface area contributed by atoms with Gasteiger partial charge >= 0.3 is 12.1 Å². The van der Waals surface area contributed by atoms with Crippen LogP contribution in [0.1, 0.15) is 24.2 Å². The average Bonchev–Trinajstić information content (AvgIpc) is 2.31. The topological polar surface area (TPSA) is 61.5 Å². The molecule has 0 radical (unpaired) electrons. The second-order valence-electron chi connectivity index (χ2n) is 3.89. The molecular formula is C12H13F4NO3. The highest BCUT2D eigenvalue weighted by molar-refractivity contribution is 5.95. The normalized spacial score (nSPS) is 12.9. The number of ether oxygens (including phenoxy) is 2. The summed E-state index contributed by atoms with van der Waals surface area (Å²) in [5, 5.41) is 0. The summed E-state index contributed by atoms with van der Waals surface area (Å²) in [4.78, 5) is 11.5. The van der Waals surface area contributed by atoms with Gasteiger partial charge in [-0.25, -0.2) is 9.18 Å². The number of anilines is 1. The first-order valence-electron chi connectivity index (χ1n) is 5.66. The monoisotopic (exact) mass is 295 g/mol. The Morgan fingerprint density at radius 2 is 2.00 bits per heavy atom. The molecule has 0 aliphatic heterocycles. The molecule has 0 spiro atoms. The van der Waals surface area contributed by atoms with Gasteiger partial charge in [-0.2, -0.15) is 13.2 Å². The number of hydrogen-bond acceptors (Lipinski definition) is 4. The van der Waals surface area contributed by atoms with Crippen molar-refractivity contribution in [3.8, 4) is 5.75 Å². The number of alkyl halides is 3. The van der Waals surface area contributed by atoms with Crippen LogP contribution in [0.15, 0.2) is 12.1 Å². The molecule has 1 rings (SSSR count). The summed E-state index contributed by atoms with van der Waals surface area (Å²) in [6.07, 6.45) is -6.88. The third kappa shape index (κ3) is 3.75. The van der Waals surface area contributed by atoms with Crippen LogP contribution in [0.4, 0.5) is 23.2 Å². The lowest BCUT2D eigenvalue weighted by atomic mass is 10.1. The van der Waals surface area contributed by atoms with Crippen LogP contribution < -0.4 is 10.5 Å². The van der Waals surface area contributed by atoms with E-state index in [2.05, 4.69) is 9.47 Å². The number of nitrogens with two attached hydrogens (primary N) is 1. The molecule has 1 aromatic carbocycles. The van der Waals surface area contributed by atoms with Crippen molar-refractivity contribution in [1.82, 2.24) is 0 Å². The van der Waals surface area contributed by atoms with Crippen LogP contribution in [0, 0.1) is 5.82 Å². The first kappa shape index (κ1) is 16.1. The van der Waals surface area contributed by atoms with E-state index in [1.165, 1.54) is 0 Å². The van der Waals surface area contributed by atoms with E-state index in [4.69, 9.17) is 5.73 Å². The third-order valence-corrected chi connectivity index (χ3v) is 2.36. The van der Waals surface area contributed by atoms with Crippen molar-refractivity contribution in [2.24, 2.45) is 0 Å². The van der Waals surface area contributed by atoms with E-state index in [1.54, 1.807) is 6.92 Å². The summed E-state index contributed by atoms with van der Waals surface area (Å²) >= 11 is 0. The highest BCUT2D eigenvalue weighted by Crippen LogP contribution is 2.29. The first-order valence-corrected chi connectivity index (χ1v) is 5.66. The second-order valence-corrected chi connectivity index (χ2v) is 3.89. The predicted octanol–water partition coefficient (Wildman–Crippen LogP) is 2.91. The van der Waals surface area contributed by atoms with Gasteiger partial charge < -0.3 is 15.2 Å². The summed E-state index contributed by atoms with van der Waals surface area (Å²) in [5.41, 5.74) is 4.92. The Morgan fingerprint density at radius 3 is 2.50 bits per heavy atom. The fraction of sp³-hybridized carbons (Fsp3) is 0.417. The molecule has 112 valence electrons. The largest absolute Gasteiger partial charge is 0.478 e. The Kier molecular flexibility index (Phi) is 4.80. The van der Waals surface area contributed by atoms with E-state index in [0.29, 0.717) is 6.07 Å². The molecular weight excluding hydrogens is 282 g/mol. The molecule has 1 atom stereocenters. The minimum atomic E-state index is -4.65. The predicted molar refractivity (Wildman–Crippen MR) is 62.9 cm³/mol. The van der Waals surface area contributed by atoms with Crippen LogP contribution in [0.5, 0.6) is 5.75 Å². The fourth-order valence-corrected chi connectivity index (χ4v) is 1.30. The average molecular weight is 295 g/mol. The highest BCUT2D eigenvalue weighted by atomic mass is 19.4. The number of carbonyl (C=O) groups is 1. The molecule has 0 saturated carbocycles. The lowest BCUT2D eigenvalue weighted by Crippen LogP contribution is -2.31. The summed E-state index contributed by atoms with van der Waals surface area (Å²) in [6.45, 7) is 2.31. The van der Waals surface area contributed by atoms with E-state index in [0.717, 1.165) is 13.0 Å². The molecule has 1 unspecified atom stereocenters. The molecule has 0 fully saturated rings. The Labute approximate surface area is 112 Å². The molecule has 0 aliphatic carbocycles. The molecule has 0 aliphatic rings. The SMILES string of the molecule is CCOC(=O)c1cc(OC(C)C(F)(F)F)c(F)cc1N. The maximum absolute atomic E-state index is 13.5. The van der Waals surface area contributed by atoms with Crippen LogP contribution >= 0.6 is 0 Å². The maximum atomic E-state index is 13.5. The minimum absolute atomic E-state index is 0.0464. The molecule has 0 saturated heterocycles. The second kappa shape index (κ2) is 5.98. The number of rotatable bonds is 4. The minimum Gasteiger partial charge on any atom is -0.478 e. The molecule has 0 heterocycles. The number of nitrogen functional groups attached to an aromatic ring is 1. The van der Waals surface area contributed by atoms with Gasteiger partial charge in [0.25, 0.3) is 0 Å². The van der Waals surface area contributed by atoms with Crippen molar-refractivity contribution in [3.63, 3.8) is 0 Å². The molecule has 2 N–H and O–H groups in total. The van der Waals surface area contributed by atoms with Crippen LogP contribution in [0.2, 0.25) is 0 Å². The van der Waals surface area contributed by atoms with Gasteiger partial charge in [0.15, 0.2) is 17.7 Å².